The summed E-state index contributed by atoms with van der Waals surface area (Å²) in [5.74, 6) is 0.932. The van der Waals surface area contributed by atoms with Crippen LogP contribution in [0.2, 0.25) is 0 Å². The van der Waals surface area contributed by atoms with E-state index in [1.807, 2.05) is 0 Å². The third-order valence-electron chi connectivity index (χ3n) is 1.90. The van der Waals surface area contributed by atoms with Crippen molar-refractivity contribution in [3.63, 3.8) is 0 Å². The monoisotopic (exact) mass is 152 g/mol. The van der Waals surface area contributed by atoms with Crippen LogP contribution in [0.1, 0.15) is 18.5 Å². The van der Waals surface area contributed by atoms with Gasteiger partial charge in [-0.25, -0.2) is 0 Å². The molecule has 0 unspecified atom stereocenters. The largest absolute Gasteiger partial charge is 0.311 e. The second-order valence-corrected chi connectivity index (χ2v) is 3.04. The molecule has 0 atom stereocenters. The van der Waals surface area contributed by atoms with Crippen LogP contribution in [0.4, 0.5) is 0 Å². The second-order valence-electron chi connectivity index (χ2n) is 3.04. The van der Waals surface area contributed by atoms with Gasteiger partial charge in [0.05, 0.1) is 11.9 Å². The molecule has 1 saturated carbocycles. The van der Waals surface area contributed by atoms with E-state index < -0.39 is 0 Å². The molecule has 1 heterocycles. The van der Waals surface area contributed by atoms with E-state index in [0.29, 0.717) is 0 Å². The SMILES string of the molecule is c1n[nH]nc1CNCC1CC1. The van der Waals surface area contributed by atoms with Crippen LogP contribution in [0.15, 0.2) is 6.20 Å². The smallest absolute Gasteiger partial charge is 0.0962 e. The third kappa shape index (κ3) is 2.01. The maximum absolute atomic E-state index is 3.93. The molecule has 0 bridgehead atoms. The zero-order chi connectivity index (χ0) is 7.52. The standard InChI is InChI=1S/C7H12N4/c1-2-6(1)3-8-4-7-5-9-11-10-7/h5-6,8H,1-4H2,(H,9,10,11). The summed E-state index contributed by atoms with van der Waals surface area (Å²) in [5, 5.41) is 13.6. The Morgan fingerprint density at radius 2 is 2.55 bits per heavy atom. The van der Waals surface area contributed by atoms with Crippen molar-refractivity contribution in [1.82, 2.24) is 20.7 Å². The third-order valence-corrected chi connectivity index (χ3v) is 1.90. The molecule has 0 saturated heterocycles. The molecule has 0 radical (unpaired) electrons. The molecule has 1 fully saturated rings. The summed E-state index contributed by atoms with van der Waals surface area (Å²) in [7, 11) is 0. The van der Waals surface area contributed by atoms with Gasteiger partial charge in [-0.2, -0.15) is 15.4 Å². The van der Waals surface area contributed by atoms with Gasteiger partial charge in [-0.3, -0.25) is 0 Å². The van der Waals surface area contributed by atoms with Gasteiger partial charge in [0.1, 0.15) is 0 Å². The molecule has 0 aromatic carbocycles. The number of H-pyrrole nitrogens is 1. The predicted molar refractivity (Wildman–Crippen MR) is 40.8 cm³/mol. The van der Waals surface area contributed by atoms with E-state index in [0.717, 1.165) is 24.7 Å². The lowest BCUT2D eigenvalue weighted by Gasteiger charge is -1.97. The highest BCUT2D eigenvalue weighted by atomic mass is 15.3. The Kier molecular flexibility index (Phi) is 1.85. The summed E-state index contributed by atoms with van der Waals surface area (Å²) in [6.07, 6.45) is 4.54. The molecule has 1 aromatic heterocycles. The summed E-state index contributed by atoms with van der Waals surface area (Å²) >= 11 is 0. The number of aromatic nitrogens is 3. The Bertz CT molecular complexity index is 202. The highest BCUT2D eigenvalue weighted by Gasteiger charge is 2.20. The summed E-state index contributed by atoms with van der Waals surface area (Å²) in [5.41, 5.74) is 0.991. The first-order valence-electron chi connectivity index (χ1n) is 4.00. The van der Waals surface area contributed by atoms with Gasteiger partial charge in [0.15, 0.2) is 0 Å². The minimum atomic E-state index is 0.840. The predicted octanol–water partition coefficient (Wildman–Crippen LogP) is 0.304. The fourth-order valence-corrected chi connectivity index (χ4v) is 1.04. The van der Waals surface area contributed by atoms with E-state index in [9.17, 15) is 0 Å². The van der Waals surface area contributed by atoms with Crippen molar-refractivity contribution < 1.29 is 0 Å². The van der Waals surface area contributed by atoms with E-state index in [2.05, 4.69) is 20.7 Å². The Labute approximate surface area is 65.4 Å². The molecule has 1 aliphatic rings. The van der Waals surface area contributed by atoms with Gasteiger partial charge in [-0.1, -0.05) is 0 Å². The van der Waals surface area contributed by atoms with Gasteiger partial charge < -0.3 is 5.32 Å². The first-order valence-corrected chi connectivity index (χ1v) is 4.00. The van der Waals surface area contributed by atoms with Crippen LogP contribution in [0.3, 0.4) is 0 Å². The maximum Gasteiger partial charge on any atom is 0.0962 e. The van der Waals surface area contributed by atoms with Crippen molar-refractivity contribution >= 4 is 0 Å². The van der Waals surface area contributed by atoms with Crippen LogP contribution < -0.4 is 5.32 Å². The Morgan fingerprint density at radius 1 is 1.64 bits per heavy atom. The van der Waals surface area contributed by atoms with E-state index in [4.69, 9.17) is 0 Å². The molecule has 0 aliphatic heterocycles. The molecule has 1 aromatic rings. The minimum Gasteiger partial charge on any atom is -0.311 e. The first-order chi connectivity index (χ1) is 5.45. The van der Waals surface area contributed by atoms with Crippen LogP contribution in [0.5, 0.6) is 0 Å². The van der Waals surface area contributed by atoms with Crippen molar-refractivity contribution in [1.29, 1.82) is 0 Å². The maximum atomic E-state index is 3.93. The van der Waals surface area contributed by atoms with Gasteiger partial charge in [0.2, 0.25) is 0 Å². The molecule has 1 aliphatic carbocycles. The van der Waals surface area contributed by atoms with Crippen LogP contribution in [-0.4, -0.2) is 22.0 Å². The topological polar surface area (TPSA) is 53.6 Å². The average Bonchev–Trinajstić information content (AvgIpc) is 2.66. The molecular formula is C7H12N4. The molecule has 2 rings (SSSR count). The molecule has 60 valence electrons. The number of hydrogen-bond donors (Lipinski definition) is 2. The number of rotatable bonds is 4. The number of hydrogen-bond acceptors (Lipinski definition) is 3. The lowest BCUT2D eigenvalue weighted by atomic mass is 10.4. The van der Waals surface area contributed by atoms with Gasteiger partial charge in [-0.15, -0.1) is 0 Å². The molecule has 0 amide bonds. The van der Waals surface area contributed by atoms with Crippen LogP contribution in [-0.2, 0) is 6.54 Å². The van der Waals surface area contributed by atoms with Crippen LogP contribution >= 0.6 is 0 Å². The number of nitrogens with zero attached hydrogens (tertiary/aromatic N) is 2. The van der Waals surface area contributed by atoms with E-state index in [1.54, 1.807) is 6.20 Å². The second kappa shape index (κ2) is 3.00. The summed E-state index contributed by atoms with van der Waals surface area (Å²) in [6, 6.07) is 0. The fourth-order valence-electron chi connectivity index (χ4n) is 1.04. The van der Waals surface area contributed by atoms with Crippen LogP contribution in [0, 0.1) is 5.92 Å². The normalized spacial score (nSPS) is 17.1. The van der Waals surface area contributed by atoms with Gasteiger partial charge in [0, 0.05) is 6.54 Å². The van der Waals surface area contributed by atoms with E-state index >= 15 is 0 Å². The number of nitrogens with one attached hydrogen (secondary N) is 2. The van der Waals surface area contributed by atoms with Gasteiger partial charge >= 0.3 is 0 Å². The Balaban J connectivity index is 1.66. The molecule has 4 heteroatoms. The van der Waals surface area contributed by atoms with Gasteiger partial charge in [-0.05, 0) is 25.3 Å². The quantitative estimate of drug-likeness (QED) is 0.652. The van der Waals surface area contributed by atoms with E-state index in [-0.39, 0.29) is 0 Å². The zero-order valence-electron chi connectivity index (χ0n) is 6.38. The van der Waals surface area contributed by atoms with Crippen molar-refractivity contribution in [2.75, 3.05) is 6.54 Å². The van der Waals surface area contributed by atoms with Crippen molar-refractivity contribution in [3.8, 4) is 0 Å². The summed E-state index contributed by atoms with van der Waals surface area (Å²) in [4.78, 5) is 0. The lowest BCUT2D eigenvalue weighted by Crippen LogP contribution is -2.16. The van der Waals surface area contributed by atoms with Gasteiger partial charge in [0.25, 0.3) is 0 Å². The molecular weight excluding hydrogens is 140 g/mol. The van der Waals surface area contributed by atoms with Crippen molar-refractivity contribution in [2.24, 2.45) is 5.92 Å². The lowest BCUT2D eigenvalue weighted by molar-refractivity contribution is 0.629. The zero-order valence-corrected chi connectivity index (χ0v) is 6.38. The van der Waals surface area contributed by atoms with Crippen molar-refractivity contribution in [2.45, 2.75) is 19.4 Å². The first kappa shape index (κ1) is 6.79. The van der Waals surface area contributed by atoms with E-state index in [1.165, 1.54) is 12.8 Å². The highest BCUT2D eigenvalue weighted by Crippen LogP contribution is 2.27. The minimum absolute atomic E-state index is 0.840. The Hall–Kier alpha value is -0.900. The summed E-state index contributed by atoms with van der Waals surface area (Å²) in [6.45, 7) is 1.97. The summed E-state index contributed by atoms with van der Waals surface area (Å²) < 4.78 is 0. The van der Waals surface area contributed by atoms with Crippen molar-refractivity contribution in [3.05, 3.63) is 11.9 Å². The number of aromatic amines is 1. The molecule has 4 nitrogen and oxygen atoms in total. The van der Waals surface area contributed by atoms with Crippen LogP contribution in [0.25, 0.3) is 0 Å². The fraction of sp³-hybridized carbons (Fsp3) is 0.714. The molecule has 0 spiro atoms. The average molecular weight is 152 g/mol. The Morgan fingerprint density at radius 3 is 3.18 bits per heavy atom. The highest BCUT2D eigenvalue weighted by molar-refractivity contribution is 4.89. The molecule has 11 heavy (non-hydrogen) atoms. The molecule has 2 N–H and O–H groups in total.